The van der Waals surface area contributed by atoms with Crippen LogP contribution in [0.25, 0.3) is 0 Å². The molecule has 33 heavy (non-hydrogen) atoms. The Balaban J connectivity index is 2.01. The Labute approximate surface area is 184 Å². The van der Waals surface area contributed by atoms with Gasteiger partial charge in [-0.3, -0.25) is 10.2 Å². The molecule has 1 aliphatic heterocycles. The average molecular weight is 486 g/mol. The van der Waals surface area contributed by atoms with Gasteiger partial charge in [0.15, 0.2) is 0 Å². The van der Waals surface area contributed by atoms with Crippen LogP contribution in [-0.4, -0.2) is 31.3 Å². The molecule has 1 unspecified atom stereocenters. The quantitative estimate of drug-likeness (QED) is 0.382. The molecule has 1 N–H and O–H groups in total. The molecule has 2 aromatic carbocycles. The van der Waals surface area contributed by atoms with Gasteiger partial charge in [-0.05, 0) is 36.8 Å². The predicted octanol–water partition coefficient (Wildman–Crippen LogP) is 4.51. The first-order valence-corrected chi connectivity index (χ1v) is 10.7. The van der Waals surface area contributed by atoms with Crippen LogP contribution in [-0.2, 0) is 14.6 Å². The van der Waals surface area contributed by atoms with Gasteiger partial charge < -0.3 is 4.74 Å². The van der Waals surface area contributed by atoms with Crippen LogP contribution in [0, 0.1) is 29.9 Å². The first kappa shape index (κ1) is 24.2. The standard InChI is InChI=1S/C21H15F5N2O4S/c1-10-5-3-8-15(32-21(24,25)26)19(10)33(30,31)20(27)18(29)14-9-11(2)17(28-14)16-12(22)6-4-7-13(16)23/h3-9,11,27H,1-2H3. The Bertz CT molecular complexity index is 1310. The third-order valence-electron chi connectivity index (χ3n) is 4.68. The van der Waals surface area contributed by atoms with Crippen molar-refractivity contribution in [1.82, 2.24) is 0 Å². The summed E-state index contributed by atoms with van der Waals surface area (Å²) >= 11 is 0. The summed E-state index contributed by atoms with van der Waals surface area (Å²) in [7, 11) is -5.07. The lowest BCUT2D eigenvalue weighted by atomic mass is 9.98. The number of aryl methyl sites for hydroxylation is 1. The number of ketones is 1. The minimum atomic E-state index is -5.23. The number of carbonyl (C=O) groups excluding carboxylic acids is 1. The molecule has 3 rings (SSSR count). The van der Waals surface area contributed by atoms with Crippen molar-refractivity contribution >= 4 is 26.4 Å². The molecular weight excluding hydrogens is 471 g/mol. The number of halogens is 5. The fourth-order valence-corrected chi connectivity index (χ4v) is 4.67. The van der Waals surface area contributed by atoms with Crippen LogP contribution in [0.5, 0.6) is 5.75 Å². The Morgan fingerprint density at radius 2 is 1.67 bits per heavy atom. The lowest BCUT2D eigenvalue weighted by molar-refractivity contribution is -0.275. The molecule has 0 aliphatic carbocycles. The molecule has 1 atom stereocenters. The molecule has 1 heterocycles. The van der Waals surface area contributed by atoms with E-state index in [0.717, 1.165) is 36.4 Å². The molecule has 0 radical (unpaired) electrons. The number of nitrogens with one attached hydrogen (secondary N) is 1. The van der Waals surface area contributed by atoms with Gasteiger partial charge in [0, 0.05) is 5.92 Å². The highest BCUT2D eigenvalue weighted by atomic mass is 32.2. The highest BCUT2D eigenvalue weighted by molar-refractivity contribution is 8.08. The normalized spacial score (nSPS) is 16.3. The van der Waals surface area contributed by atoms with Crippen LogP contribution in [0.1, 0.15) is 18.1 Å². The molecule has 174 valence electrons. The summed E-state index contributed by atoms with van der Waals surface area (Å²) in [6.07, 6.45) is -4.12. The SMILES string of the molecule is Cc1cccc(OC(F)(F)F)c1S(=O)(=O)C(=N)C(=O)C1=CC(C)C(c2c(F)cccc2F)=N1. The Kier molecular flexibility index (Phi) is 6.25. The number of hydrogen-bond donors (Lipinski definition) is 1. The predicted molar refractivity (Wildman–Crippen MR) is 108 cm³/mol. The lowest BCUT2D eigenvalue weighted by Crippen LogP contribution is -2.27. The fraction of sp³-hybridized carbons (Fsp3) is 0.190. The van der Waals surface area contributed by atoms with E-state index in [2.05, 4.69) is 9.73 Å². The topological polar surface area (TPSA) is 96.6 Å². The number of sulfone groups is 1. The van der Waals surface area contributed by atoms with E-state index in [1.54, 1.807) is 0 Å². The van der Waals surface area contributed by atoms with Gasteiger partial charge in [-0.1, -0.05) is 25.1 Å². The van der Waals surface area contributed by atoms with Crippen LogP contribution in [0.4, 0.5) is 22.0 Å². The summed E-state index contributed by atoms with van der Waals surface area (Å²) < 4.78 is 96.0. The van der Waals surface area contributed by atoms with E-state index in [4.69, 9.17) is 5.41 Å². The van der Waals surface area contributed by atoms with Crippen molar-refractivity contribution in [2.24, 2.45) is 10.9 Å². The van der Waals surface area contributed by atoms with Crippen molar-refractivity contribution in [1.29, 1.82) is 5.41 Å². The zero-order valence-electron chi connectivity index (χ0n) is 17.0. The minimum Gasteiger partial charge on any atom is -0.404 e. The molecule has 0 bridgehead atoms. The van der Waals surface area contributed by atoms with Crippen molar-refractivity contribution in [3.63, 3.8) is 0 Å². The zero-order chi connectivity index (χ0) is 24.7. The van der Waals surface area contributed by atoms with E-state index in [0.29, 0.717) is 0 Å². The zero-order valence-corrected chi connectivity index (χ0v) is 17.8. The summed E-state index contributed by atoms with van der Waals surface area (Å²) in [4.78, 5) is 15.6. The van der Waals surface area contributed by atoms with E-state index in [1.165, 1.54) is 19.9 Å². The molecule has 6 nitrogen and oxygen atoms in total. The number of carbonyl (C=O) groups is 1. The van der Waals surface area contributed by atoms with Crippen LogP contribution < -0.4 is 4.74 Å². The largest absolute Gasteiger partial charge is 0.573 e. The summed E-state index contributed by atoms with van der Waals surface area (Å²) in [5.74, 6) is -5.28. The second-order valence-corrected chi connectivity index (χ2v) is 8.87. The van der Waals surface area contributed by atoms with Gasteiger partial charge in [-0.25, -0.2) is 22.2 Å². The monoisotopic (exact) mass is 486 g/mol. The number of aliphatic imine (C=N–C) groups is 1. The average Bonchev–Trinajstić information content (AvgIpc) is 3.06. The van der Waals surface area contributed by atoms with Crippen molar-refractivity contribution in [3.8, 4) is 5.75 Å². The first-order valence-electron chi connectivity index (χ1n) is 9.22. The molecule has 12 heteroatoms. The van der Waals surface area contributed by atoms with E-state index >= 15 is 0 Å². The summed E-state index contributed by atoms with van der Waals surface area (Å²) in [6, 6.07) is 6.09. The molecular formula is C21H15F5N2O4S. The third-order valence-corrected chi connectivity index (χ3v) is 6.46. The number of nitrogens with zero attached hydrogens (tertiary/aromatic N) is 1. The number of benzene rings is 2. The number of alkyl halides is 3. The van der Waals surface area contributed by atoms with Crippen LogP contribution in [0.2, 0.25) is 0 Å². The maximum Gasteiger partial charge on any atom is 0.573 e. The van der Waals surface area contributed by atoms with E-state index in [-0.39, 0.29) is 11.3 Å². The van der Waals surface area contributed by atoms with Crippen molar-refractivity contribution < 1.29 is 39.9 Å². The second kappa shape index (κ2) is 8.50. The molecule has 0 saturated carbocycles. The number of hydrogen-bond acceptors (Lipinski definition) is 6. The van der Waals surface area contributed by atoms with Crippen molar-refractivity contribution in [3.05, 3.63) is 70.9 Å². The minimum absolute atomic E-state index is 0.194. The highest BCUT2D eigenvalue weighted by Crippen LogP contribution is 2.34. The van der Waals surface area contributed by atoms with Gasteiger partial charge in [-0.2, -0.15) is 0 Å². The van der Waals surface area contributed by atoms with Gasteiger partial charge in [0.25, 0.3) is 0 Å². The first-order chi connectivity index (χ1) is 15.2. The van der Waals surface area contributed by atoms with Gasteiger partial charge in [0.2, 0.25) is 20.7 Å². The molecule has 2 aromatic rings. The molecule has 0 aromatic heterocycles. The lowest BCUT2D eigenvalue weighted by Gasteiger charge is -2.15. The third kappa shape index (κ3) is 4.70. The number of Topliss-reactive ketones (excluding diaryl/α,β-unsaturated/α-hetero) is 1. The summed E-state index contributed by atoms with van der Waals surface area (Å²) in [6.45, 7) is 2.61. The Morgan fingerprint density at radius 1 is 1.09 bits per heavy atom. The number of rotatable bonds is 5. The molecule has 1 aliphatic rings. The van der Waals surface area contributed by atoms with Gasteiger partial charge >= 0.3 is 6.36 Å². The Hall–Kier alpha value is -3.41. The summed E-state index contributed by atoms with van der Waals surface area (Å²) in [5, 5.41) is 6.34. The smallest absolute Gasteiger partial charge is 0.404 e. The fourth-order valence-electron chi connectivity index (χ4n) is 3.25. The van der Waals surface area contributed by atoms with Crippen molar-refractivity contribution in [2.45, 2.75) is 25.1 Å². The van der Waals surface area contributed by atoms with Gasteiger partial charge in [-0.15, -0.1) is 13.2 Å². The van der Waals surface area contributed by atoms with Crippen LogP contribution in [0.15, 0.2) is 58.1 Å². The molecule has 0 amide bonds. The van der Waals surface area contributed by atoms with Gasteiger partial charge in [0.05, 0.1) is 11.3 Å². The maximum absolute atomic E-state index is 14.1. The molecule has 0 spiro atoms. The van der Waals surface area contributed by atoms with E-state index in [9.17, 15) is 35.2 Å². The molecule has 0 fully saturated rings. The molecule has 0 saturated heterocycles. The number of allylic oxidation sites excluding steroid dienone is 2. The van der Waals surface area contributed by atoms with Gasteiger partial charge in [0.1, 0.15) is 28.0 Å². The highest BCUT2D eigenvalue weighted by Gasteiger charge is 2.39. The summed E-state index contributed by atoms with van der Waals surface area (Å²) in [5.41, 5.74) is -1.49. The van der Waals surface area contributed by atoms with Crippen LogP contribution in [0.3, 0.4) is 0 Å². The van der Waals surface area contributed by atoms with E-state index < -0.39 is 66.5 Å². The Morgan fingerprint density at radius 3 is 2.24 bits per heavy atom. The number of ether oxygens (including phenoxy) is 1. The van der Waals surface area contributed by atoms with Crippen LogP contribution >= 0.6 is 0 Å². The van der Waals surface area contributed by atoms with Crippen molar-refractivity contribution in [2.75, 3.05) is 0 Å². The van der Waals surface area contributed by atoms with E-state index in [1.807, 2.05) is 0 Å². The maximum atomic E-state index is 14.1. The second-order valence-electron chi connectivity index (χ2n) is 7.05.